The Labute approximate surface area is 316 Å². The van der Waals surface area contributed by atoms with E-state index in [1.165, 1.54) is 33.1 Å². The number of ether oxygens (including phenoxy) is 3. The number of nitrogens with zero attached hydrogens (tertiary/aromatic N) is 8. The van der Waals surface area contributed by atoms with Crippen LogP contribution in [0.5, 0.6) is 0 Å². The predicted octanol–water partition coefficient (Wildman–Crippen LogP) is 0.271. The molecule has 2 aromatic heterocycles. The normalized spacial score (nSPS) is 17.5. The minimum Gasteiger partial charge on any atom is -0.444 e. The van der Waals surface area contributed by atoms with Crippen LogP contribution in [0.15, 0.2) is 21.6 Å². The van der Waals surface area contributed by atoms with Gasteiger partial charge in [0.25, 0.3) is 11.8 Å². The number of aliphatic hydroxyl groups excluding tert-OH is 1. The number of alkyl carbamates (subject to hydrolysis) is 1. The number of carbonyl (C=O) groups is 5. The molecule has 0 saturated carbocycles. The van der Waals surface area contributed by atoms with Crippen LogP contribution in [-0.2, 0) is 44.8 Å². The van der Waals surface area contributed by atoms with Gasteiger partial charge in [0.1, 0.15) is 29.3 Å². The van der Waals surface area contributed by atoms with Crippen molar-refractivity contribution in [2.24, 2.45) is 10.6 Å². The summed E-state index contributed by atoms with van der Waals surface area (Å²) in [6.07, 6.45) is -0.277. The third-order valence-electron chi connectivity index (χ3n) is 6.81. The molecule has 24 heteroatoms. The fourth-order valence-electron chi connectivity index (χ4n) is 4.37. The van der Waals surface area contributed by atoms with Gasteiger partial charge in [-0.2, -0.15) is 9.36 Å². The molecule has 4 rings (SSSR count). The summed E-state index contributed by atoms with van der Waals surface area (Å²) in [4.78, 5) is 75.3. The van der Waals surface area contributed by atoms with E-state index in [9.17, 15) is 29.1 Å². The molecule has 5 N–H and O–H groups in total. The van der Waals surface area contributed by atoms with Crippen LogP contribution in [0.3, 0.4) is 0 Å². The molecule has 3 amide bonds. The number of hydrogen-bond donors (Lipinski definition) is 4. The van der Waals surface area contributed by atoms with Gasteiger partial charge in [0.05, 0.1) is 18.6 Å². The zero-order valence-corrected chi connectivity index (χ0v) is 32.3. The molecule has 0 aliphatic carbocycles. The van der Waals surface area contributed by atoms with Crippen LogP contribution >= 0.6 is 35.1 Å². The van der Waals surface area contributed by atoms with E-state index in [0.29, 0.717) is 17.2 Å². The highest BCUT2D eigenvalue weighted by Gasteiger charge is 2.55. The average Bonchev–Trinajstić information content (AvgIpc) is 3.72. The van der Waals surface area contributed by atoms with Gasteiger partial charge >= 0.3 is 18.0 Å². The number of nitrogens with two attached hydrogens (primary N) is 1. The summed E-state index contributed by atoms with van der Waals surface area (Å²) >= 11 is 3.29. The number of amides is 3. The van der Waals surface area contributed by atoms with Crippen molar-refractivity contribution >= 4 is 75.7 Å². The summed E-state index contributed by atoms with van der Waals surface area (Å²) in [5.74, 6) is -2.70. The SMILES string of the molecule is CC(C)(C)OC(=O)NCCCO/N=C(/C(=O)NC1C(=O)N2C(C(=O)OCOC(=O)C(C)(C)C)=C(CSc3nnnn3CCO)CS[C@H]12)c1nsc(N)n1. The van der Waals surface area contributed by atoms with Crippen molar-refractivity contribution < 1.29 is 48.1 Å². The van der Waals surface area contributed by atoms with Gasteiger partial charge in [0.15, 0.2) is 5.13 Å². The van der Waals surface area contributed by atoms with E-state index in [0.717, 1.165) is 11.5 Å². The molecule has 2 atom stereocenters. The number of aromatic nitrogens is 6. The van der Waals surface area contributed by atoms with Crippen molar-refractivity contribution in [2.45, 2.75) is 76.7 Å². The standard InChI is InChI=1S/C29H41N11O10S3/c1-28(2,3)24(45)48-14-47-23(44)18-15(13-52-26-34-37-38-39(26)9-10-41)12-51-22-17(21(43)40(18)22)32-20(42)16(19-33-25(30)53-36-19)35-49-11-7-8-31-27(46)50-29(4,5)6/h17,22,41H,7-14H2,1-6H3,(H,31,46)(H,32,42)(H2,30,33,36)/b35-16+/t17?,22-/m1/s1. The number of esters is 2. The zero-order valence-electron chi connectivity index (χ0n) is 29.8. The number of thioether (sulfide) groups is 2. The second-order valence-corrected chi connectivity index (χ2v) is 16.1. The Morgan fingerprint density at radius 2 is 1.91 bits per heavy atom. The Hall–Kier alpha value is -4.55. The van der Waals surface area contributed by atoms with E-state index in [-0.39, 0.29) is 60.2 Å². The van der Waals surface area contributed by atoms with Crippen molar-refractivity contribution in [3.63, 3.8) is 0 Å². The molecular weight excluding hydrogens is 759 g/mol. The maximum absolute atomic E-state index is 13.6. The number of oxime groups is 1. The topological polar surface area (TPSA) is 278 Å². The Balaban J connectivity index is 1.46. The number of rotatable bonds is 16. The average molecular weight is 800 g/mol. The molecular formula is C29H41N11O10S3. The molecule has 1 saturated heterocycles. The molecule has 4 heterocycles. The van der Waals surface area contributed by atoms with Gasteiger partial charge in [-0.25, -0.2) is 14.3 Å². The smallest absolute Gasteiger partial charge is 0.407 e. The van der Waals surface area contributed by atoms with Crippen molar-refractivity contribution in [3.8, 4) is 0 Å². The van der Waals surface area contributed by atoms with Crippen LogP contribution in [-0.4, -0.2) is 130 Å². The maximum Gasteiger partial charge on any atom is 0.407 e. The van der Waals surface area contributed by atoms with E-state index < -0.39 is 59.1 Å². The summed E-state index contributed by atoms with van der Waals surface area (Å²) in [7, 11) is 0. The number of β-lactam (4-membered cyclic amide) rings is 1. The van der Waals surface area contributed by atoms with Gasteiger partial charge in [-0.05, 0) is 57.5 Å². The number of nitrogens with one attached hydrogen (secondary N) is 2. The summed E-state index contributed by atoms with van der Waals surface area (Å²) in [6.45, 7) is 9.61. The number of tetrazole rings is 1. The van der Waals surface area contributed by atoms with E-state index in [1.54, 1.807) is 41.5 Å². The van der Waals surface area contributed by atoms with Crippen molar-refractivity contribution in [3.05, 3.63) is 17.1 Å². The highest BCUT2D eigenvalue weighted by molar-refractivity contribution is 8.01. The lowest BCUT2D eigenvalue weighted by molar-refractivity contribution is -0.173. The first-order valence-corrected chi connectivity index (χ1v) is 18.9. The monoisotopic (exact) mass is 799 g/mol. The van der Waals surface area contributed by atoms with Crippen molar-refractivity contribution in [2.75, 3.05) is 43.8 Å². The van der Waals surface area contributed by atoms with Gasteiger partial charge in [-0.15, -0.1) is 16.9 Å². The molecule has 1 unspecified atom stereocenters. The van der Waals surface area contributed by atoms with Crippen molar-refractivity contribution in [1.82, 2.24) is 45.1 Å². The summed E-state index contributed by atoms with van der Waals surface area (Å²) in [5.41, 5.74) is 4.32. The van der Waals surface area contributed by atoms with Gasteiger partial charge < -0.3 is 40.5 Å². The van der Waals surface area contributed by atoms with Crippen LogP contribution in [0, 0.1) is 5.41 Å². The van der Waals surface area contributed by atoms with E-state index in [1.807, 2.05) is 0 Å². The number of hydrogen-bond acceptors (Lipinski definition) is 20. The largest absolute Gasteiger partial charge is 0.444 e. The fourth-order valence-corrected chi connectivity index (χ4v) is 7.19. The molecule has 2 aliphatic rings. The van der Waals surface area contributed by atoms with E-state index in [2.05, 4.69) is 40.7 Å². The second-order valence-electron chi connectivity index (χ2n) is 13.3. The summed E-state index contributed by atoms with van der Waals surface area (Å²) in [5, 5.41) is 29.5. The fraction of sp³-hybridized carbons (Fsp3) is 0.621. The van der Waals surface area contributed by atoms with E-state index in [4.69, 9.17) is 24.8 Å². The number of anilines is 1. The number of fused-ring (bicyclic) bond motifs is 1. The molecule has 53 heavy (non-hydrogen) atoms. The molecule has 0 radical (unpaired) electrons. The Bertz CT molecular complexity index is 1730. The molecule has 1 fully saturated rings. The van der Waals surface area contributed by atoms with E-state index >= 15 is 0 Å². The molecule has 21 nitrogen and oxygen atoms in total. The van der Waals surface area contributed by atoms with Crippen LogP contribution in [0.4, 0.5) is 9.93 Å². The van der Waals surface area contributed by atoms with Crippen LogP contribution < -0.4 is 16.4 Å². The molecule has 0 aromatic carbocycles. The first-order chi connectivity index (χ1) is 25.0. The van der Waals surface area contributed by atoms with Crippen LogP contribution in [0.1, 0.15) is 53.8 Å². The zero-order chi connectivity index (χ0) is 38.9. The number of carbonyl (C=O) groups excluding carboxylic acids is 5. The number of aliphatic hydroxyl groups is 1. The first kappa shape index (κ1) is 41.2. The van der Waals surface area contributed by atoms with Gasteiger partial charge in [-0.1, -0.05) is 16.9 Å². The highest BCUT2D eigenvalue weighted by atomic mass is 32.2. The summed E-state index contributed by atoms with van der Waals surface area (Å²) in [6, 6.07) is -1.10. The quantitative estimate of drug-likeness (QED) is 0.0337. The van der Waals surface area contributed by atoms with Gasteiger partial charge in [0.2, 0.25) is 23.5 Å². The third kappa shape index (κ3) is 11.2. The summed E-state index contributed by atoms with van der Waals surface area (Å²) < 4.78 is 21.0. The minimum atomic E-state index is -1.10. The number of nitrogen functional groups attached to an aromatic ring is 1. The molecule has 2 aliphatic heterocycles. The molecule has 0 bridgehead atoms. The van der Waals surface area contributed by atoms with Gasteiger partial charge in [0, 0.05) is 36.0 Å². The van der Waals surface area contributed by atoms with Gasteiger partial charge in [-0.3, -0.25) is 19.3 Å². The highest BCUT2D eigenvalue weighted by Crippen LogP contribution is 2.42. The maximum atomic E-state index is 13.6. The Morgan fingerprint density at radius 3 is 2.57 bits per heavy atom. The lowest BCUT2D eigenvalue weighted by Crippen LogP contribution is -2.71. The van der Waals surface area contributed by atoms with Crippen LogP contribution in [0.25, 0.3) is 0 Å². The minimum absolute atomic E-state index is 0.00466. The second kappa shape index (κ2) is 18.0. The lowest BCUT2D eigenvalue weighted by atomic mass is 9.98. The molecule has 2 aromatic rings. The van der Waals surface area contributed by atoms with Crippen LogP contribution in [0.2, 0.25) is 0 Å². The van der Waals surface area contributed by atoms with Crippen molar-refractivity contribution in [1.29, 1.82) is 0 Å². The third-order valence-corrected chi connectivity index (χ3v) is 9.74. The first-order valence-electron chi connectivity index (χ1n) is 16.1. The molecule has 0 spiro atoms. The Morgan fingerprint density at radius 1 is 1.15 bits per heavy atom. The lowest BCUT2D eigenvalue weighted by Gasteiger charge is -2.49. The Kier molecular flexibility index (Phi) is 14.0. The predicted molar refractivity (Wildman–Crippen MR) is 190 cm³/mol. The molecule has 290 valence electrons.